The number of ketones is 1. The van der Waals surface area contributed by atoms with E-state index in [1.165, 1.54) is 0 Å². The molecule has 3 heterocycles. The summed E-state index contributed by atoms with van der Waals surface area (Å²) in [6, 6.07) is 5.58. The number of benzene rings is 1. The molecule has 0 N–H and O–H groups in total. The van der Waals surface area contributed by atoms with Gasteiger partial charge in [-0.3, -0.25) is 14.8 Å². The Morgan fingerprint density at radius 3 is 2.52 bits per heavy atom. The predicted octanol–water partition coefficient (Wildman–Crippen LogP) is 3.82. The molecule has 1 aromatic heterocycles. The van der Waals surface area contributed by atoms with E-state index in [1.54, 1.807) is 46.0 Å². The summed E-state index contributed by atoms with van der Waals surface area (Å²) in [7, 11) is 4.76. The van der Waals surface area contributed by atoms with Crippen molar-refractivity contribution in [1.29, 1.82) is 0 Å². The zero-order chi connectivity index (χ0) is 21.5. The summed E-state index contributed by atoms with van der Waals surface area (Å²) < 4.78 is 16.6. The van der Waals surface area contributed by atoms with Gasteiger partial charge in [0.15, 0.2) is 17.3 Å². The Balaban J connectivity index is 1.77. The molecule has 1 aromatic carbocycles. The van der Waals surface area contributed by atoms with Gasteiger partial charge in [0.05, 0.1) is 39.3 Å². The first-order valence-corrected chi connectivity index (χ1v) is 9.87. The van der Waals surface area contributed by atoms with Crippen LogP contribution in [-0.4, -0.2) is 44.9 Å². The van der Waals surface area contributed by atoms with Crippen molar-refractivity contribution in [2.45, 2.75) is 6.42 Å². The molecule has 0 unspecified atom stereocenters. The molecule has 31 heavy (non-hydrogen) atoms. The van der Waals surface area contributed by atoms with Crippen molar-refractivity contribution < 1.29 is 19.0 Å². The van der Waals surface area contributed by atoms with Gasteiger partial charge in [0.2, 0.25) is 5.75 Å². The molecule has 2 aliphatic heterocycles. The van der Waals surface area contributed by atoms with Crippen LogP contribution in [0.3, 0.4) is 0 Å². The highest BCUT2D eigenvalue weighted by Gasteiger charge is 2.35. The topological polar surface area (TPSA) is 73.2 Å². The lowest BCUT2D eigenvalue weighted by Gasteiger charge is -2.37. The molecule has 0 bridgehead atoms. The second-order valence-electron chi connectivity index (χ2n) is 7.33. The average Bonchev–Trinajstić information content (AvgIpc) is 2.82. The Morgan fingerprint density at radius 2 is 1.81 bits per heavy atom. The summed E-state index contributed by atoms with van der Waals surface area (Å²) in [6.07, 6.45) is 9.58. The Labute approximate surface area is 180 Å². The maximum atomic E-state index is 12.9. The minimum Gasteiger partial charge on any atom is -0.493 e. The minimum absolute atomic E-state index is 0.0886. The second kappa shape index (κ2) is 7.43. The van der Waals surface area contributed by atoms with E-state index < -0.39 is 0 Å². The zero-order valence-corrected chi connectivity index (χ0v) is 17.5. The molecule has 0 spiro atoms. The maximum absolute atomic E-state index is 12.9. The van der Waals surface area contributed by atoms with Crippen molar-refractivity contribution in [3.63, 3.8) is 0 Å². The molecule has 0 amide bonds. The number of anilines is 1. The number of dihydropyridines is 1. The highest BCUT2D eigenvalue weighted by Crippen LogP contribution is 2.48. The van der Waals surface area contributed by atoms with E-state index >= 15 is 0 Å². The van der Waals surface area contributed by atoms with Crippen LogP contribution in [0.4, 0.5) is 5.69 Å². The number of nitrogens with zero attached hydrogens (tertiary/aromatic N) is 3. The number of rotatable bonds is 4. The fraction of sp³-hybridized carbons (Fsp3) is 0.208. The molecule has 0 atom stereocenters. The van der Waals surface area contributed by atoms with E-state index in [0.29, 0.717) is 35.8 Å². The first-order valence-electron chi connectivity index (χ1n) is 9.87. The quantitative estimate of drug-likeness (QED) is 0.756. The largest absolute Gasteiger partial charge is 0.493 e. The number of ether oxygens (including phenoxy) is 3. The number of carbonyl (C=O) groups is 1. The number of hydrogen-bond acceptors (Lipinski definition) is 7. The third-order valence-corrected chi connectivity index (χ3v) is 5.73. The molecule has 3 aliphatic rings. The lowest BCUT2D eigenvalue weighted by molar-refractivity contribution is 0.0991. The van der Waals surface area contributed by atoms with E-state index in [2.05, 4.69) is 21.1 Å². The van der Waals surface area contributed by atoms with Crippen LogP contribution in [0.1, 0.15) is 22.3 Å². The summed E-state index contributed by atoms with van der Waals surface area (Å²) in [6.45, 7) is 0.553. The number of Topliss-reactive ketones (excluding diaryl/α,β-unsaturated/α-hetero) is 1. The van der Waals surface area contributed by atoms with Crippen LogP contribution in [0.5, 0.6) is 17.2 Å². The van der Waals surface area contributed by atoms with Gasteiger partial charge in [-0.15, -0.1) is 0 Å². The highest BCUT2D eigenvalue weighted by atomic mass is 16.5. The lowest BCUT2D eigenvalue weighted by Crippen LogP contribution is -2.29. The summed E-state index contributed by atoms with van der Waals surface area (Å²) in [5.41, 5.74) is 6.32. The van der Waals surface area contributed by atoms with Crippen LogP contribution in [0, 0.1) is 0 Å². The first kappa shape index (κ1) is 19.1. The van der Waals surface area contributed by atoms with Gasteiger partial charge in [0.1, 0.15) is 0 Å². The maximum Gasteiger partial charge on any atom is 0.203 e. The van der Waals surface area contributed by atoms with Crippen molar-refractivity contribution in [1.82, 2.24) is 4.98 Å². The van der Waals surface area contributed by atoms with Gasteiger partial charge in [0, 0.05) is 54.5 Å². The van der Waals surface area contributed by atoms with Crippen LogP contribution in [0.2, 0.25) is 0 Å². The smallest absolute Gasteiger partial charge is 0.203 e. The van der Waals surface area contributed by atoms with Gasteiger partial charge < -0.3 is 19.1 Å². The summed E-state index contributed by atoms with van der Waals surface area (Å²) in [5, 5.41) is 0. The summed E-state index contributed by atoms with van der Waals surface area (Å²) in [4.78, 5) is 23.7. The normalized spacial score (nSPS) is 16.7. The van der Waals surface area contributed by atoms with Crippen molar-refractivity contribution in [2.24, 2.45) is 4.99 Å². The van der Waals surface area contributed by atoms with E-state index in [1.807, 2.05) is 18.2 Å². The van der Waals surface area contributed by atoms with Gasteiger partial charge in [-0.25, -0.2) is 0 Å². The van der Waals surface area contributed by atoms with E-state index in [0.717, 1.165) is 33.7 Å². The average molecular weight is 415 g/mol. The van der Waals surface area contributed by atoms with Gasteiger partial charge in [0.25, 0.3) is 0 Å². The molecular weight excluding hydrogens is 394 g/mol. The summed E-state index contributed by atoms with van der Waals surface area (Å²) >= 11 is 0. The zero-order valence-electron chi connectivity index (χ0n) is 17.5. The monoisotopic (exact) mass is 415 g/mol. The Bertz CT molecular complexity index is 1200. The van der Waals surface area contributed by atoms with E-state index in [-0.39, 0.29) is 5.78 Å². The van der Waals surface area contributed by atoms with E-state index in [4.69, 9.17) is 14.2 Å². The summed E-state index contributed by atoms with van der Waals surface area (Å²) in [5.74, 6) is 1.72. The van der Waals surface area contributed by atoms with Crippen LogP contribution in [0.15, 0.2) is 64.6 Å². The van der Waals surface area contributed by atoms with Crippen molar-refractivity contribution in [3.8, 4) is 17.2 Å². The van der Waals surface area contributed by atoms with Gasteiger partial charge in [-0.2, -0.15) is 0 Å². The van der Waals surface area contributed by atoms with E-state index in [9.17, 15) is 4.79 Å². The number of carbonyl (C=O) groups excluding carboxylic acids is 1. The SMILES string of the molecule is COc1cc(N2C=C3CN=CC=C3C3=C2c2cnccc2C(=O)C3)cc(OC)c1OC. The molecule has 0 saturated heterocycles. The predicted molar refractivity (Wildman–Crippen MR) is 118 cm³/mol. The molecule has 1 aliphatic carbocycles. The molecule has 7 heteroatoms. The number of methoxy groups -OCH3 is 3. The van der Waals surface area contributed by atoms with Crippen molar-refractivity contribution >= 4 is 23.4 Å². The number of fused-ring (bicyclic) bond motifs is 4. The van der Waals surface area contributed by atoms with Crippen LogP contribution < -0.4 is 19.1 Å². The molecule has 0 saturated carbocycles. The van der Waals surface area contributed by atoms with Gasteiger partial charge in [-0.1, -0.05) is 0 Å². The van der Waals surface area contributed by atoms with Crippen molar-refractivity contribution in [3.05, 3.63) is 70.7 Å². The Hall–Kier alpha value is -3.87. The third-order valence-electron chi connectivity index (χ3n) is 5.73. The second-order valence-corrected chi connectivity index (χ2v) is 7.33. The fourth-order valence-electron chi connectivity index (χ4n) is 4.33. The standard InChI is InChI=1S/C24H21N3O4/c1-29-21-8-15(9-22(30-2)24(21)31-3)27-13-14-11-25-6-4-16(14)18-10-20(28)17-5-7-26-12-19(17)23(18)27/h4-9,12-13H,10-11H2,1-3H3. The Morgan fingerprint density at radius 1 is 1.03 bits per heavy atom. The fourth-order valence-corrected chi connectivity index (χ4v) is 4.33. The molecular formula is C24H21N3O4. The first-order chi connectivity index (χ1) is 15.2. The van der Waals surface area contributed by atoms with Crippen LogP contribution in [0.25, 0.3) is 5.70 Å². The van der Waals surface area contributed by atoms with Crippen LogP contribution in [-0.2, 0) is 0 Å². The third kappa shape index (κ3) is 2.92. The van der Waals surface area contributed by atoms with Crippen molar-refractivity contribution in [2.75, 3.05) is 32.8 Å². The lowest BCUT2D eigenvalue weighted by atomic mass is 9.80. The van der Waals surface area contributed by atoms with Crippen LogP contribution >= 0.6 is 0 Å². The molecule has 156 valence electrons. The molecule has 2 aromatic rings. The number of allylic oxidation sites excluding steroid dienone is 2. The minimum atomic E-state index is 0.0886. The molecule has 5 rings (SSSR count). The Kier molecular flexibility index (Phi) is 4.58. The van der Waals surface area contributed by atoms with Gasteiger partial charge >= 0.3 is 0 Å². The van der Waals surface area contributed by atoms with Gasteiger partial charge in [-0.05, 0) is 28.9 Å². The number of hydrogen-bond donors (Lipinski definition) is 0. The molecule has 0 fully saturated rings. The number of aliphatic imine (C=N–C) groups is 1. The highest BCUT2D eigenvalue weighted by molar-refractivity contribution is 6.10. The number of aromatic nitrogens is 1. The number of pyridine rings is 1. The molecule has 7 nitrogen and oxygen atoms in total. The molecule has 0 radical (unpaired) electrons.